The number of benzene rings is 2. The first-order valence-corrected chi connectivity index (χ1v) is 6.10. The Hall–Kier alpha value is -1.94. The second kappa shape index (κ2) is 6.29. The molecule has 2 rings (SSSR count). The van der Waals surface area contributed by atoms with E-state index in [1.54, 1.807) is 36.4 Å². The van der Waals surface area contributed by atoms with E-state index in [1.165, 1.54) is 6.07 Å². The fourth-order valence-electron chi connectivity index (χ4n) is 1.52. The molecule has 100 valence electrons. The van der Waals surface area contributed by atoms with Gasteiger partial charge in [0.05, 0.1) is 5.69 Å². The number of hydrogen-bond acceptors (Lipinski definition) is 3. The highest BCUT2D eigenvalue weighted by atomic mass is 35.5. The number of halogens is 2. The van der Waals surface area contributed by atoms with Crippen LogP contribution in [0.25, 0.3) is 0 Å². The first-order chi connectivity index (χ1) is 9.16. The molecule has 0 unspecified atom stereocenters. The summed E-state index contributed by atoms with van der Waals surface area (Å²) in [6.07, 6.45) is 0. The van der Waals surface area contributed by atoms with Gasteiger partial charge in [-0.1, -0.05) is 23.7 Å². The van der Waals surface area contributed by atoms with Crippen LogP contribution in [0, 0.1) is 5.82 Å². The Bertz CT molecular complexity index is 563. The van der Waals surface area contributed by atoms with Crippen LogP contribution in [-0.2, 0) is 0 Å². The van der Waals surface area contributed by atoms with Gasteiger partial charge in [0.1, 0.15) is 19.0 Å². The van der Waals surface area contributed by atoms with E-state index in [9.17, 15) is 4.39 Å². The van der Waals surface area contributed by atoms with Gasteiger partial charge in [0.15, 0.2) is 11.6 Å². The lowest BCUT2D eigenvalue weighted by atomic mass is 10.3. The van der Waals surface area contributed by atoms with E-state index in [2.05, 4.69) is 0 Å². The highest BCUT2D eigenvalue weighted by Crippen LogP contribution is 2.24. The van der Waals surface area contributed by atoms with E-state index in [0.29, 0.717) is 16.5 Å². The van der Waals surface area contributed by atoms with Crippen LogP contribution in [0.15, 0.2) is 42.5 Å². The maximum atomic E-state index is 13.2. The summed E-state index contributed by atoms with van der Waals surface area (Å²) >= 11 is 5.77. The van der Waals surface area contributed by atoms with Gasteiger partial charge in [0.25, 0.3) is 0 Å². The first-order valence-electron chi connectivity index (χ1n) is 5.72. The summed E-state index contributed by atoms with van der Waals surface area (Å²) < 4.78 is 23.9. The molecule has 2 N–H and O–H groups in total. The zero-order valence-electron chi connectivity index (χ0n) is 10.1. The molecule has 0 heterocycles. The molecule has 2 aromatic rings. The van der Waals surface area contributed by atoms with Crippen molar-refractivity contribution < 1.29 is 13.9 Å². The maximum Gasteiger partial charge on any atom is 0.165 e. The van der Waals surface area contributed by atoms with E-state index >= 15 is 0 Å². The molecule has 0 atom stereocenters. The molecular weight excluding hydrogens is 269 g/mol. The molecule has 0 aromatic heterocycles. The molecule has 0 fully saturated rings. The Morgan fingerprint density at radius 1 is 1.00 bits per heavy atom. The van der Waals surface area contributed by atoms with Crippen LogP contribution in [0.4, 0.5) is 10.1 Å². The van der Waals surface area contributed by atoms with Gasteiger partial charge in [-0.15, -0.1) is 0 Å². The smallest absolute Gasteiger partial charge is 0.165 e. The Kier molecular flexibility index (Phi) is 4.47. The standard InChI is InChI=1S/C14H13ClFNO2/c15-10-5-6-14(12(17)9-10)19-8-7-18-13-4-2-1-3-11(13)16/h1-6,9H,7-8,17H2. The van der Waals surface area contributed by atoms with Crippen molar-refractivity contribution in [3.63, 3.8) is 0 Å². The number of anilines is 1. The third-order valence-electron chi connectivity index (χ3n) is 2.41. The van der Waals surface area contributed by atoms with Crippen LogP contribution >= 0.6 is 11.6 Å². The topological polar surface area (TPSA) is 44.5 Å². The van der Waals surface area contributed by atoms with Crippen molar-refractivity contribution in [2.45, 2.75) is 0 Å². The minimum Gasteiger partial charge on any atom is -0.488 e. The molecule has 0 aliphatic heterocycles. The molecule has 0 radical (unpaired) electrons. The number of hydrogen-bond donors (Lipinski definition) is 1. The van der Waals surface area contributed by atoms with Gasteiger partial charge in [0, 0.05) is 5.02 Å². The molecule has 19 heavy (non-hydrogen) atoms. The summed E-state index contributed by atoms with van der Waals surface area (Å²) in [5.74, 6) is 0.338. The number of nitrogens with two attached hydrogens (primary N) is 1. The highest BCUT2D eigenvalue weighted by molar-refractivity contribution is 6.30. The number of para-hydroxylation sites is 1. The summed E-state index contributed by atoms with van der Waals surface area (Å²) in [4.78, 5) is 0. The Labute approximate surface area is 115 Å². The van der Waals surface area contributed by atoms with Gasteiger partial charge in [-0.3, -0.25) is 0 Å². The molecule has 0 saturated heterocycles. The molecule has 5 heteroatoms. The van der Waals surface area contributed by atoms with E-state index < -0.39 is 5.82 Å². The monoisotopic (exact) mass is 281 g/mol. The minimum absolute atomic E-state index is 0.204. The van der Waals surface area contributed by atoms with Crippen LogP contribution in [0.3, 0.4) is 0 Å². The van der Waals surface area contributed by atoms with E-state index in [0.717, 1.165) is 0 Å². The van der Waals surface area contributed by atoms with Crippen molar-refractivity contribution in [3.8, 4) is 11.5 Å². The number of nitrogen functional groups attached to an aromatic ring is 1. The zero-order valence-corrected chi connectivity index (χ0v) is 10.9. The van der Waals surface area contributed by atoms with E-state index in [-0.39, 0.29) is 19.0 Å². The average molecular weight is 282 g/mol. The highest BCUT2D eigenvalue weighted by Gasteiger charge is 2.03. The second-order valence-corrected chi connectivity index (χ2v) is 4.25. The van der Waals surface area contributed by atoms with Crippen LogP contribution in [0.2, 0.25) is 5.02 Å². The average Bonchev–Trinajstić information content (AvgIpc) is 2.38. The van der Waals surface area contributed by atoms with Gasteiger partial charge < -0.3 is 15.2 Å². The van der Waals surface area contributed by atoms with Crippen molar-refractivity contribution in [1.82, 2.24) is 0 Å². The van der Waals surface area contributed by atoms with Crippen molar-refractivity contribution in [2.75, 3.05) is 18.9 Å². The quantitative estimate of drug-likeness (QED) is 0.674. The summed E-state index contributed by atoms with van der Waals surface area (Å²) in [5.41, 5.74) is 6.19. The van der Waals surface area contributed by atoms with Crippen molar-refractivity contribution in [2.24, 2.45) is 0 Å². The molecule has 0 amide bonds. The molecule has 0 spiro atoms. The number of rotatable bonds is 5. The minimum atomic E-state index is -0.395. The van der Waals surface area contributed by atoms with Gasteiger partial charge in [-0.25, -0.2) is 4.39 Å². The van der Waals surface area contributed by atoms with Gasteiger partial charge in [0.2, 0.25) is 0 Å². The van der Waals surface area contributed by atoms with E-state index in [4.69, 9.17) is 26.8 Å². The molecule has 3 nitrogen and oxygen atoms in total. The fraction of sp³-hybridized carbons (Fsp3) is 0.143. The van der Waals surface area contributed by atoms with Gasteiger partial charge in [-0.05, 0) is 30.3 Å². The SMILES string of the molecule is Nc1cc(Cl)ccc1OCCOc1ccccc1F. The molecular formula is C14H13ClFNO2. The molecule has 0 bridgehead atoms. The lowest BCUT2D eigenvalue weighted by Crippen LogP contribution is -2.10. The Morgan fingerprint density at radius 2 is 1.68 bits per heavy atom. The molecule has 0 aliphatic rings. The number of ether oxygens (including phenoxy) is 2. The Balaban J connectivity index is 1.83. The predicted octanol–water partition coefficient (Wildman–Crippen LogP) is 3.52. The van der Waals surface area contributed by atoms with E-state index in [1.807, 2.05) is 0 Å². The normalized spacial score (nSPS) is 10.2. The van der Waals surface area contributed by atoms with Crippen LogP contribution in [0.5, 0.6) is 11.5 Å². The van der Waals surface area contributed by atoms with Crippen LogP contribution < -0.4 is 15.2 Å². The van der Waals surface area contributed by atoms with Crippen molar-refractivity contribution in [3.05, 3.63) is 53.3 Å². The first kappa shape index (κ1) is 13.5. The molecule has 0 saturated carbocycles. The van der Waals surface area contributed by atoms with Crippen LogP contribution in [0.1, 0.15) is 0 Å². The lowest BCUT2D eigenvalue weighted by molar-refractivity contribution is 0.212. The zero-order chi connectivity index (χ0) is 13.7. The largest absolute Gasteiger partial charge is 0.488 e. The molecule has 0 aliphatic carbocycles. The second-order valence-electron chi connectivity index (χ2n) is 3.81. The fourth-order valence-corrected chi connectivity index (χ4v) is 1.70. The third-order valence-corrected chi connectivity index (χ3v) is 2.64. The lowest BCUT2D eigenvalue weighted by Gasteiger charge is -2.10. The molecule has 2 aromatic carbocycles. The van der Waals surface area contributed by atoms with Crippen molar-refractivity contribution in [1.29, 1.82) is 0 Å². The predicted molar refractivity (Wildman–Crippen MR) is 73.3 cm³/mol. The Morgan fingerprint density at radius 3 is 2.37 bits per heavy atom. The van der Waals surface area contributed by atoms with Gasteiger partial charge in [-0.2, -0.15) is 0 Å². The summed E-state index contributed by atoms with van der Waals surface area (Å²) in [6.45, 7) is 0.489. The summed E-state index contributed by atoms with van der Waals surface area (Å²) in [5, 5.41) is 0.549. The maximum absolute atomic E-state index is 13.2. The third kappa shape index (κ3) is 3.76. The van der Waals surface area contributed by atoms with Crippen molar-refractivity contribution >= 4 is 17.3 Å². The summed E-state index contributed by atoms with van der Waals surface area (Å²) in [6, 6.07) is 11.2. The summed E-state index contributed by atoms with van der Waals surface area (Å²) in [7, 11) is 0. The van der Waals surface area contributed by atoms with Gasteiger partial charge >= 0.3 is 0 Å². The van der Waals surface area contributed by atoms with Crippen LogP contribution in [-0.4, -0.2) is 13.2 Å².